The molecule has 0 aliphatic carbocycles. The van der Waals surface area contributed by atoms with Gasteiger partial charge in [-0.3, -0.25) is 14.5 Å². The highest BCUT2D eigenvalue weighted by molar-refractivity contribution is 8.00. The molecule has 1 fully saturated rings. The number of rotatable bonds is 11. The summed E-state index contributed by atoms with van der Waals surface area (Å²) in [5.41, 5.74) is 0.544. The Bertz CT molecular complexity index is 1210. The predicted molar refractivity (Wildman–Crippen MR) is 139 cm³/mol. The van der Waals surface area contributed by atoms with Crippen LogP contribution < -0.4 is 15.0 Å². The van der Waals surface area contributed by atoms with E-state index in [1.165, 1.54) is 28.0 Å². The number of amides is 2. The van der Waals surface area contributed by atoms with E-state index in [4.69, 9.17) is 25.5 Å². The molecule has 2 aromatic rings. The number of thiophene rings is 1. The topological polar surface area (TPSA) is 212 Å². The summed E-state index contributed by atoms with van der Waals surface area (Å²) in [6.07, 6.45) is -2.96. The average Bonchev–Trinajstić information content (AvgIpc) is 3.47. The van der Waals surface area contributed by atoms with Crippen LogP contribution in [0.2, 0.25) is 0 Å². The minimum atomic E-state index is -1.79. The number of carbonyl (C=O) groups excluding carboxylic acids is 4. The number of fused-ring (bicyclic) bond motifs is 1. The van der Waals surface area contributed by atoms with Crippen LogP contribution in [0.1, 0.15) is 4.88 Å². The van der Waals surface area contributed by atoms with E-state index in [1.54, 1.807) is 0 Å². The molecule has 0 aromatic carbocycles. The fourth-order valence-electron chi connectivity index (χ4n) is 3.97. The van der Waals surface area contributed by atoms with Crippen LogP contribution in [0.4, 0.5) is 0 Å². The molecule has 0 bridgehead atoms. The highest BCUT2D eigenvalue weighted by Crippen LogP contribution is 2.40. The number of carboxylic acid groups (broad SMARTS) is 1. The number of β-lactam (4-membered cyclic amide) rings is 1. The Morgan fingerprint density at radius 1 is 1.15 bits per heavy atom. The second-order valence-corrected chi connectivity index (χ2v) is 11.0. The Balaban J connectivity index is 0.000000312. The summed E-state index contributed by atoms with van der Waals surface area (Å²) in [6, 6.07) is 8.59. The molecule has 6 N–H and O–H groups in total. The van der Waals surface area contributed by atoms with Crippen LogP contribution >= 0.6 is 23.1 Å². The molecule has 15 heteroatoms. The van der Waals surface area contributed by atoms with Gasteiger partial charge in [0, 0.05) is 28.3 Å². The fraction of sp³-hybridized carbons (Fsp3) is 0.400. The summed E-state index contributed by atoms with van der Waals surface area (Å²) in [4.78, 5) is 48.7. The van der Waals surface area contributed by atoms with E-state index in [1.807, 2.05) is 52.7 Å². The van der Waals surface area contributed by atoms with Gasteiger partial charge < -0.3 is 45.5 Å². The Hall–Kier alpha value is -3.18. The quantitative estimate of drug-likeness (QED) is 0.0845. The van der Waals surface area contributed by atoms with Gasteiger partial charge >= 0.3 is 0 Å². The molecule has 2 amide bonds. The molecule has 40 heavy (non-hydrogen) atoms. The number of aldehydes is 1. The molecule has 2 aliphatic rings. The highest BCUT2D eigenvalue weighted by Gasteiger charge is 2.53. The molecule has 216 valence electrons. The minimum absolute atomic E-state index is 0.0258. The normalized spacial score (nSPS) is 21.1. The first-order valence-electron chi connectivity index (χ1n) is 12.0. The molecule has 2 aliphatic heterocycles. The zero-order valence-corrected chi connectivity index (χ0v) is 22.6. The lowest BCUT2D eigenvalue weighted by atomic mass is 10.0. The van der Waals surface area contributed by atoms with Crippen molar-refractivity contribution in [2.45, 2.75) is 48.8 Å². The van der Waals surface area contributed by atoms with Crippen molar-refractivity contribution in [2.24, 2.45) is 0 Å². The Labute approximate surface area is 237 Å². The van der Waals surface area contributed by atoms with Crippen molar-refractivity contribution in [3.8, 4) is 0 Å². The molecule has 0 spiro atoms. The number of aromatic nitrogens is 1. The number of pyridine rings is 1. The van der Waals surface area contributed by atoms with Gasteiger partial charge in [0.25, 0.3) is 5.91 Å². The maximum absolute atomic E-state index is 12.6. The number of aliphatic hydroxyl groups is 5. The second kappa shape index (κ2) is 14.5. The van der Waals surface area contributed by atoms with E-state index in [-0.39, 0.29) is 24.3 Å². The molecule has 0 saturated carbocycles. The van der Waals surface area contributed by atoms with E-state index in [0.717, 1.165) is 4.88 Å². The van der Waals surface area contributed by atoms with Crippen LogP contribution in [-0.2, 0) is 32.1 Å². The smallest absolute Gasteiger partial charge is 0.253 e. The summed E-state index contributed by atoms with van der Waals surface area (Å²) < 4.78 is 1.85. The number of carboxylic acids is 1. The number of aliphatic carboxylic acids is 1. The molecular formula is C25H29N3O10S2. The number of carbonyl (C=O) groups is 4. The molecule has 0 unspecified atom stereocenters. The minimum Gasteiger partial charge on any atom is -0.543 e. The predicted octanol–water partition coefficient (Wildman–Crippen LogP) is -3.70. The van der Waals surface area contributed by atoms with Gasteiger partial charge in [-0.1, -0.05) is 12.1 Å². The van der Waals surface area contributed by atoms with Crippen LogP contribution in [0, 0.1) is 0 Å². The van der Waals surface area contributed by atoms with Gasteiger partial charge in [-0.05, 0) is 11.4 Å². The number of thioether (sulfide) groups is 1. The molecule has 0 radical (unpaired) electrons. The molecular weight excluding hydrogens is 566 g/mol. The largest absolute Gasteiger partial charge is 0.543 e. The van der Waals surface area contributed by atoms with Crippen molar-refractivity contribution in [3.63, 3.8) is 0 Å². The number of nitrogens with one attached hydrogen (secondary N) is 1. The summed E-state index contributed by atoms with van der Waals surface area (Å²) in [5.74, 6) is -1.57. The van der Waals surface area contributed by atoms with Crippen LogP contribution in [0.15, 0.2) is 59.4 Å². The lowest BCUT2D eigenvalue weighted by Gasteiger charge is -2.50. The van der Waals surface area contributed by atoms with E-state index in [0.29, 0.717) is 17.9 Å². The molecule has 1 saturated heterocycles. The maximum atomic E-state index is 12.6. The number of hydrogen-bond donors (Lipinski definition) is 6. The second-order valence-electron chi connectivity index (χ2n) is 8.86. The lowest BCUT2D eigenvalue weighted by molar-refractivity contribution is -0.689. The van der Waals surface area contributed by atoms with E-state index >= 15 is 0 Å². The van der Waals surface area contributed by atoms with Gasteiger partial charge in [0.15, 0.2) is 25.2 Å². The molecule has 2 aromatic heterocycles. The van der Waals surface area contributed by atoms with Crippen molar-refractivity contribution >= 4 is 47.2 Å². The van der Waals surface area contributed by atoms with Gasteiger partial charge in [-0.25, -0.2) is 4.57 Å². The van der Waals surface area contributed by atoms with Crippen molar-refractivity contribution in [2.75, 3.05) is 12.4 Å². The van der Waals surface area contributed by atoms with Crippen LogP contribution in [0.25, 0.3) is 0 Å². The summed E-state index contributed by atoms with van der Waals surface area (Å²) in [5, 5.41) is 59.5. The van der Waals surface area contributed by atoms with Crippen molar-refractivity contribution < 1.29 is 54.4 Å². The summed E-state index contributed by atoms with van der Waals surface area (Å²) in [6.45, 7) is -0.396. The van der Waals surface area contributed by atoms with E-state index < -0.39 is 54.3 Å². The monoisotopic (exact) mass is 595 g/mol. The van der Waals surface area contributed by atoms with Crippen molar-refractivity contribution in [1.29, 1.82) is 0 Å². The summed E-state index contributed by atoms with van der Waals surface area (Å²) >= 11 is 2.93. The average molecular weight is 596 g/mol. The molecule has 13 nitrogen and oxygen atoms in total. The third-order valence-electron chi connectivity index (χ3n) is 6.04. The van der Waals surface area contributed by atoms with Gasteiger partial charge in [0.1, 0.15) is 35.8 Å². The number of aliphatic hydroxyl groups excluding tert-OH is 5. The fourth-order valence-corrected chi connectivity index (χ4v) is 6.01. The maximum Gasteiger partial charge on any atom is 0.253 e. The van der Waals surface area contributed by atoms with Gasteiger partial charge in [-0.15, -0.1) is 23.1 Å². The third-order valence-corrected chi connectivity index (χ3v) is 8.26. The van der Waals surface area contributed by atoms with Crippen LogP contribution in [0.3, 0.4) is 0 Å². The number of nitrogens with zero attached hydrogens (tertiary/aromatic N) is 2. The van der Waals surface area contributed by atoms with Crippen LogP contribution in [0.5, 0.6) is 0 Å². The molecule has 6 atom stereocenters. The number of hydrogen-bond acceptors (Lipinski definition) is 12. The third kappa shape index (κ3) is 7.51. The van der Waals surface area contributed by atoms with Gasteiger partial charge in [0.2, 0.25) is 5.91 Å². The lowest BCUT2D eigenvalue weighted by Crippen LogP contribution is -2.71. The first kappa shape index (κ1) is 31.3. The summed E-state index contributed by atoms with van der Waals surface area (Å²) in [7, 11) is 0. The highest BCUT2D eigenvalue weighted by atomic mass is 32.2. The SMILES string of the molecule is O=C(Cc1cccs1)N[C@@H]1C(=O)N2C(C(=O)[O-])=C(C[n+]3ccccc3)CS[C@H]12.O=C[C@H](O)[C@@H](O)[C@H](O)[C@H](O)CO. The Morgan fingerprint density at radius 2 is 1.85 bits per heavy atom. The van der Waals surface area contributed by atoms with E-state index in [9.17, 15) is 24.3 Å². The van der Waals surface area contributed by atoms with Crippen LogP contribution in [-0.4, -0.2) is 103 Å². The van der Waals surface area contributed by atoms with Gasteiger partial charge in [0.05, 0.1) is 24.7 Å². The first-order chi connectivity index (χ1) is 19.1. The zero-order chi connectivity index (χ0) is 29.4. The van der Waals surface area contributed by atoms with Crippen molar-refractivity contribution in [1.82, 2.24) is 10.2 Å². The Kier molecular flexibility index (Phi) is 11.3. The van der Waals surface area contributed by atoms with Gasteiger partial charge in [-0.2, -0.15) is 0 Å². The zero-order valence-electron chi connectivity index (χ0n) is 21.0. The molecule has 4 heterocycles. The first-order valence-corrected chi connectivity index (χ1v) is 13.9. The Morgan fingerprint density at radius 3 is 2.42 bits per heavy atom. The standard InChI is InChI=1S/C19H17N3O4S2.C6H12O6/c23-14(9-13-5-4-8-27-13)20-15-17(24)22-16(19(25)26)12(11-28-18(15)22)10-21-6-2-1-3-7-21;7-1-3(9)5(11)6(12)4(10)2-8/h1-8,15,18H,9-11H2,(H-,20,23,25,26);1,3-6,8-12H,2H2/t15-,18-;3-,4+,5+,6+/m10/s1. The van der Waals surface area contributed by atoms with Crippen molar-refractivity contribution in [3.05, 3.63) is 64.3 Å². The van der Waals surface area contributed by atoms with E-state index in [2.05, 4.69) is 5.32 Å². The molecule has 4 rings (SSSR count).